The summed E-state index contributed by atoms with van der Waals surface area (Å²) >= 11 is 0. The lowest BCUT2D eigenvalue weighted by Crippen LogP contribution is -2.44. The van der Waals surface area contributed by atoms with Gasteiger partial charge >= 0.3 is 0 Å². The number of aliphatic hydroxyl groups is 1. The molecule has 0 aliphatic heterocycles. The van der Waals surface area contributed by atoms with Gasteiger partial charge in [-0.1, -0.05) is 26.7 Å². The minimum absolute atomic E-state index is 0.142. The molecule has 2 rings (SSSR count). The van der Waals surface area contributed by atoms with Crippen molar-refractivity contribution in [1.82, 2.24) is 15.3 Å². The highest BCUT2D eigenvalue weighted by molar-refractivity contribution is 5.31. The predicted octanol–water partition coefficient (Wildman–Crippen LogP) is 1.71. The van der Waals surface area contributed by atoms with Gasteiger partial charge in [0.25, 0.3) is 0 Å². The van der Waals surface area contributed by atoms with Gasteiger partial charge in [-0.25, -0.2) is 9.97 Å². The zero-order valence-corrected chi connectivity index (χ0v) is 12.7. The van der Waals surface area contributed by atoms with Gasteiger partial charge in [0.2, 0.25) is 5.95 Å². The Morgan fingerprint density at radius 2 is 1.95 bits per heavy atom. The van der Waals surface area contributed by atoms with E-state index in [1.54, 1.807) is 0 Å². The van der Waals surface area contributed by atoms with Gasteiger partial charge in [-0.2, -0.15) is 0 Å². The molecule has 0 aromatic carbocycles. The van der Waals surface area contributed by atoms with E-state index in [4.69, 9.17) is 0 Å². The van der Waals surface area contributed by atoms with Crippen LogP contribution in [0.4, 0.5) is 5.95 Å². The van der Waals surface area contributed by atoms with Gasteiger partial charge in [-0.3, -0.25) is 0 Å². The molecule has 0 amide bonds. The number of aromatic nitrogens is 2. The van der Waals surface area contributed by atoms with Crippen molar-refractivity contribution in [2.75, 3.05) is 11.9 Å². The number of nitrogens with zero attached hydrogens (tertiary/aromatic N) is 3. The summed E-state index contributed by atoms with van der Waals surface area (Å²) in [5, 5.41) is 13.4. The first-order valence-electron chi connectivity index (χ1n) is 7.53. The summed E-state index contributed by atoms with van der Waals surface area (Å²) in [6, 6.07) is 0.595. The zero-order chi connectivity index (χ0) is 14.5. The van der Waals surface area contributed by atoms with Gasteiger partial charge in [0.15, 0.2) is 0 Å². The molecule has 2 atom stereocenters. The van der Waals surface area contributed by atoms with Gasteiger partial charge in [0.1, 0.15) is 0 Å². The van der Waals surface area contributed by atoms with Crippen LogP contribution < -0.4 is 10.2 Å². The minimum atomic E-state index is -0.264. The Bertz CT molecular complexity index is 407. The number of likely N-dealkylation sites (N-methyl/N-ethyl adjacent to an activating group) is 1. The molecule has 2 N–H and O–H groups in total. The van der Waals surface area contributed by atoms with E-state index < -0.39 is 0 Å². The third-order valence-corrected chi connectivity index (χ3v) is 3.91. The van der Waals surface area contributed by atoms with Crippen molar-refractivity contribution < 1.29 is 5.11 Å². The fourth-order valence-electron chi connectivity index (χ4n) is 2.64. The van der Waals surface area contributed by atoms with E-state index in [0.29, 0.717) is 12.0 Å². The Hall–Kier alpha value is -1.20. The molecule has 0 radical (unpaired) electrons. The minimum Gasteiger partial charge on any atom is -0.391 e. The monoisotopic (exact) mass is 278 g/mol. The largest absolute Gasteiger partial charge is 0.391 e. The molecular formula is C15H26N4O. The maximum absolute atomic E-state index is 10.1. The molecule has 1 aliphatic carbocycles. The lowest BCUT2D eigenvalue weighted by Gasteiger charge is -2.35. The van der Waals surface area contributed by atoms with Crippen LogP contribution in [0.1, 0.15) is 45.1 Å². The second-order valence-electron chi connectivity index (χ2n) is 5.96. The first-order valence-corrected chi connectivity index (χ1v) is 7.53. The molecule has 0 spiro atoms. The van der Waals surface area contributed by atoms with Crippen LogP contribution in [0.25, 0.3) is 0 Å². The maximum Gasteiger partial charge on any atom is 0.225 e. The topological polar surface area (TPSA) is 61.3 Å². The highest BCUT2D eigenvalue weighted by atomic mass is 16.3. The van der Waals surface area contributed by atoms with Crippen LogP contribution in [-0.2, 0) is 6.54 Å². The van der Waals surface area contributed by atoms with Crippen molar-refractivity contribution >= 4 is 5.95 Å². The van der Waals surface area contributed by atoms with Crippen LogP contribution in [0.15, 0.2) is 12.4 Å². The third kappa shape index (κ3) is 3.90. The summed E-state index contributed by atoms with van der Waals surface area (Å²) in [4.78, 5) is 10.9. The molecule has 1 aliphatic rings. The van der Waals surface area contributed by atoms with Crippen molar-refractivity contribution in [3.05, 3.63) is 18.0 Å². The molecular weight excluding hydrogens is 252 g/mol. The Balaban J connectivity index is 1.97. The molecule has 112 valence electrons. The summed E-state index contributed by atoms with van der Waals surface area (Å²) in [6.45, 7) is 5.02. The van der Waals surface area contributed by atoms with Crippen LogP contribution in [0.3, 0.4) is 0 Å². The first-order chi connectivity index (χ1) is 9.58. The standard InChI is InChI=1S/C15H26N4O/c1-11(2)16-8-12-9-17-15(18-10-12)19(3)13-6-4-5-7-14(13)20/h9-11,13-14,16,20H,4-8H2,1-3H3. The van der Waals surface area contributed by atoms with E-state index in [1.165, 1.54) is 6.42 Å². The molecule has 1 heterocycles. The fraction of sp³-hybridized carbons (Fsp3) is 0.733. The first kappa shape index (κ1) is 15.2. The Morgan fingerprint density at radius 1 is 1.30 bits per heavy atom. The summed E-state index contributed by atoms with van der Waals surface area (Å²) in [5.41, 5.74) is 1.08. The van der Waals surface area contributed by atoms with E-state index in [-0.39, 0.29) is 12.1 Å². The van der Waals surface area contributed by atoms with Gasteiger partial charge in [-0.05, 0) is 12.8 Å². The van der Waals surface area contributed by atoms with Crippen molar-refractivity contribution in [2.45, 2.75) is 64.3 Å². The van der Waals surface area contributed by atoms with Crippen LogP contribution in [0, 0.1) is 0 Å². The summed E-state index contributed by atoms with van der Waals surface area (Å²) in [7, 11) is 1.97. The van der Waals surface area contributed by atoms with Crippen LogP contribution in [0.2, 0.25) is 0 Å². The number of aliphatic hydroxyl groups excluding tert-OH is 1. The SMILES string of the molecule is CC(C)NCc1cnc(N(C)C2CCCCC2O)nc1. The molecule has 1 fully saturated rings. The lowest BCUT2D eigenvalue weighted by molar-refractivity contribution is 0.105. The van der Waals surface area contributed by atoms with Gasteiger partial charge < -0.3 is 15.3 Å². The van der Waals surface area contributed by atoms with Gasteiger partial charge in [0, 0.05) is 37.6 Å². The normalized spacial score (nSPS) is 23.1. The fourth-order valence-corrected chi connectivity index (χ4v) is 2.64. The van der Waals surface area contributed by atoms with Gasteiger partial charge in [-0.15, -0.1) is 0 Å². The molecule has 20 heavy (non-hydrogen) atoms. The van der Waals surface area contributed by atoms with Crippen molar-refractivity contribution in [1.29, 1.82) is 0 Å². The van der Waals surface area contributed by atoms with E-state index in [2.05, 4.69) is 29.1 Å². The van der Waals surface area contributed by atoms with Crippen molar-refractivity contribution in [3.8, 4) is 0 Å². The highest BCUT2D eigenvalue weighted by Gasteiger charge is 2.27. The average molecular weight is 278 g/mol. The van der Waals surface area contributed by atoms with E-state index in [9.17, 15) is 5.11 Å². The smallest absolute Gasteiger partial charge is 0.225 e. The Kier molecular flexibility index (Phi) is 5.31. The van der Waals surface area contributed by atoms with E-state index in [1.807, 2.05) is 24.3 Å². The third-order valence-electron chi connectivity index (χ3n) is 3.91. The molecule has 0 saturated heterocycles. The number of hydrogen-bond donors (Lipinski definition) is 2. The van der Waals surface area contributed by atoms with Crippen LogP contribution >= 0.6 is 0 Å². The number of anilines is 1. The second kappa shape index (κ2) is 6.99. The highest BCUT2D eigenvalue weighted by Crippen LogP contribution is 2.24. The Morgan fingerprint density at radius 3 is 2.55 bits per heavy atom. The van der Waals surface area contributed by atoms with Gasteiger partial charge in [0.05, 0.1) is 12.1 Å². The van der Waals surface area contributed by atoms with Crippen LogP contribution in [0.5, 0.6) is 0 Å². The maximum atomic E-state index is 10.1. The summed E-state index contributed by atoms with van der Waals surface area (Å²) in [5.74, 6) is 0.698. The molecule has 5 nitrogen and oxygen atoms in total. The lowest BCUT2D eigenvalue weighted by atomic mass is 9.92. The zero-order valence-electron chi connectivity index (χ0n) is 12.7. The van der Waals surface area contributed by atoms with E-state index >= 15 is 0 Å². The summed E-state index contributed by atoms with van der Waals surface area (Å²) in [6.07, 6.45) is 7.64. The number of nitrogens with one attached hydrogen (secondary N) is 1. The molecule has 2 unspecified atom stereocenters. The van der Waals surface area contributed by atoms with Crippen molar-refractivity contribution in [3.63, 3.8) is 0 Å². The van der Waals surface area contributed by atoms with Crippen molar-refractivity contribution in [2.24, 2.45) is 0 Å². The molecule has 5 heteroatoms. The molecule has 1 saturated carbocycles. The molecule has 1 aromatic heterocycles. The number of rotatable bonds is 5. The second-order valence-corrected chi connectivity index (χ2v) is 5.96. The molecule has 0 bridgehead atoms. The number of hydrogen-bond acceptors (Lipinski definition) is 5. The quantitative estimate of drug-likeness (QED) is 0.858. The molecule has 1 aromatic rings. The predicted molar refractivity (Wildman–Crippen MR) is 80.7 cm³/mol. The van der Waals surface area contributed by atoms with E-state index in [0.717, 1.165) is 31.4 Å². The summed E-state index contributed by atoms with van der Waals surface area (Å²) < 4.78 is 0. The Labute approximate surface area is 121 Å². The van der Waals surface area contributed by atoms with Crippen LogP contribution in [-0.4, -0.2) is 40.3 Å². The average Bonchev–Trinajstić information content (AvgIpc) is 2.45.